The molecule has 4 atom stereocenters. The van der Waals surface area contributed by atoms with Crippen molar-refractivity contribution in [3.63, 3.8) is 0 Å². The standard InChI is InChI=1S/C36H28O16/c37-14-5-20(39)18-10-25(44)34(50-27(18)7-14)12-1-16-17(35-26(45)11-19-21(40)6-15(38)8-28(19)51-35)9-24(43)32(47)30(16)33(48)29(4-12)52-36(49)13-2-22(41)31(46)23(42)3-13/h1-9,25-26,34-35,37-47H,10-11H2. The SMILES string of the molecule is O=C(Oc1cc(C2Oc3cc(O)cc(O)c3CC2O)cc2c(C3Oc4cc(O)cc(O)c4CC3O)cc(O)c(O)c2c1=O)c1cc(O)c(O)c(O)c1. The summed E-state index contributed by atoms with van der Waals surface area (Å²) >= 11 is 0. The number of aliphatic hydroxyl groups excluding tert-OH is 2. The van der Waals surface area contributed by atoms with Crippen molar-refractivity contribution in [1.29, 1.82) is 0 Å². The molecule has 52 heavy (non-hydrogen) atoms. The van der Waals surface area contributed by atoms with E-state index in [1.54, 1.807) is 0 Å². The van der Waals surface area contributed by atoms with Gasteiger partial charge in [-0.25, -0.2) is 4.79 Å². The Morgan fingerprint density at radius 1 is 0.615 bits per heavy atom. The first-order chi connectivity index (χ1) is 24.6. The molecule has 7 rings (SSSR count). The molecule has 16 heteroatoms. The summed E-state index contributed by atoms with van der Waals surface area (Å²) in [7, 11) is 0. The van der Waals surface area contributed by atoms with Gasteiger partial charge in [0.1, 0.15) is 40.6 Å². The van der Waals surface area contributed by atoms with Crippen LogP contribution in [0.15, 0.2) is 59.4 Å². The Labute approximate surface area is 290 Å². The lowest BCUT2D eigenvalue weighted by Gasteiger charge is -2.32. The number of carbonyl (C=O) groups is 1. The Balaban J connectivity index is 1.46. The second-order valence-electron chi connectivity index (χ2n) is 12.4. The number of fused-ring (bicyclic) bond motifs is 3. The topological polar surface area (TPSA) is 284 Å². The number of aliphatic hydroxyl groups is 2. The summed E-state index contributed by atoms with van der Waals surface area (Å²) in [6.45, 7) is 0. The van der Waals surface area contributed by atoms with Crippen molar-refractivity contribution in [3.8, 4) is 69.0 Å². The van der Waals surface area contributed by atoms with E-state index in [1.165, 1.54) is 18.2 Å². The average Bonchev–Trinajstić information content (AvgIpc) is 3.21. The highest BCUT2D eigenvalue weighted by Gasteiger charge is 2.37. The maximum Gasteiger partial charge on any atom is 0.343 e. The van der Waals surface area contributed by atoms with Crippen LogP contribution in [0.1, 0.15) is 44.8 Å². The Hall–Kier alpha value is -6.78. The summed E-state index contributed by atoms with van der Waals surface area (Å²) < 4.78 is 17.4. The van der Waals surface area contributed by atoms with Crippen LogP contribution in [-0.2, 0) is 12.8 Å². The van der Waals surface area contributed by atoms with Crippen LogP contribution < -0.4 is 19.6 Å². The van der Waals surface area contributed by atoms with Crippen molar-refractivity contribution in [3.05, 3.63) is 92.6 Å². The van der Waals surface area contributed by atoms with Gasteiger partial charge in [0.25, 0.3) is 0 Å². The normalized spacial score (nSPS) is 19.2. The number of ether oxygens (including phenoxy) is 3. The molecule has 16 nitrogen and oxygen atoms in total. The highest BCUT2D eigenvalue weighted by molar-refractivity contribution is 5.96. The summed E-state index contributed by atoms with van der Waals surface area (Å²) in [6.07, 6.45) is -6.25. The van der Waals surface area contributed by atoms with E-state index in [-0.39, 0.29) is 75.0 Å². The van der Waals surface area contributed by atoms with Crippen LogP contribution in [0.3, 0.4) is 0 Å². The zero-order chi connectivity index (χ0) is 37.3. The molecule has 5 aromatic rings. The molecule has 0 saturated carbocycles. The van der Waals surface area contributed by atoms with Gasteiger partial charge in [-0.15, -0.1) is 0 Å². The number of carbonyl (C=O) groups excluding carboxylic acids is 1. The summed E-state index contributed by atoms with van der Waals surface area (Å²) in [6, 6.07) is 9.12. The fourth-order valence-electron chi connectivity index (χ4n) is 6.46. The maximum absolute atomic E-state index is 14.2. The predicted molar refractivity (Wildman–Crippen MR) is 176 cm³/mol. The molecule has 0 saturated heterocycles. The number of phenols is 9. The lowest BCUT2D eigenvalue weighted by Crippen LogP contribution is -2.31. The minimum absolute atomic E-state index is 0.0475. The second-order valence-corrected chi connectivity index (χ2v) is 12.4. The highest BCUT2D eigenvalue weighted by atomic mass is 16.5. The minimum Gasteiger partial charge on any atom is -0.508 e. The van der Waals surface area contributed by atoms with E-state index < -0.39 is 81.3 Å². The van der Waals surface area contributed by atoms with Gasteiger partial charge in [-0.05, 0) is 41.3 Å². The Kier molecular flexibility index (Phi) is 7.92. The van der Waals surface area contributed by atoms with Crippen molar-refractivity contribution in [2.24, 2.45) is 0 Å². The number of phenolic OH excluding ortho intramolecular Hbond substituents is 9. The van der Waals surface area contributed by atoms with Crippen LogP contribution in [0.4, 0.5) is 0 Å². The zero-order valence-electron chi connectivity index (χ0n) is 26.4. The molecular weight excluding hydrogens is 688 g/mol. The molecule has 5 aromatic carbocycles. The molecule has 268 valence electrons. The summed E-state index contributed by atoms with van der Waals surface area (Å²) in [5, 5.41) is 114. The molecule has 0 bridgehead atoms. The van der Waals surface area contributed by atoms with E-state index in [0.29, 0.717) is 0 Å². The van der Waals surface area contributed by atoms with E-state index in [1.807, 2.05) is 0 Å². The Morgan fingerprint density at radius 2 is 1.13 bits per heavy atom. The van der Waals surface area contributed by atoms with E-state index in [2.05, 4.69) is 0 Å². The molecule has 2 heterocycles. The molecule has 0 aliphatic carbocycles. The van der Waals surface area contributed by atoms with Crippen molar-refractivity contribution >= 4 is 16.7 Å². The Bertz CT molecular complexity index is 2370. The number of esters is 1. The van der Waals surface area contributed by atoms with Crippen molar-refractivity contribution < 1.29 is 75.2 Å². The summed E-state index contributed by atoms with van der Waals surface area (Å²) in [4.78, 5) is 27.5. The minimum atomic E-state index is -1.46. The molecular formula is C36H28O16. The Morgan fingerprint density at radius 3 is 1.71 bits per heavy atom. The van der Waals surface area contributed by atoms with Crippen molar-refractivity contribution in [2.45, 2.75) is 37.3 Å². The number of hydrogen-bond acceptors (Lipinski definition) is 16. The molecule has 0 amide bonds. The van der Waals surface area contributed by atoms with E-state index in [0.717, 1.165) is 36.4 Å². The zero-order valence-corrected chi connectivity index (χ0v) is 26.4. The van der Waals surface area contributed by atoms with Crippen molar-refractivity contribution in [2.75, 3.05) is 0 Å². The predicted octanol–water partition coefficient (Wildman–Crippen LogP) is 2.84. The number of aromatic hydroxyl groups is 9. The fraction of sp³-hybridized carbons (Fsp3) is 0.167. The van der Waals surface area contributed by atoms with Gasteiger partial charge in [0.05, 0.1) is 23.2 Å². The monoisotopic (exact) mass is 716 g/mol. The first-order valence-electron chi connectivity index (χ1n) is 15.4. The van der Waals surface area contributed by atoms with Crippen LogP contribution in [0.2, 0.25) is 0 Å². The van der Waals surface area contributed by atoms with Gasteiger partial charge in [0, 0.05) is 53.8 Å². The van der Waals surface area contributed by atoms with Gasteiger partial charge in [-0.2, -0.15) is 0 Å². The average molecular weight is 717 g/mol. The third kappa shape index (κ3) is 5.61. The van der Waals surface area contributed by atoms with Crippen LogP contribution in [0.25, 0.3) is 10.8 Å². The second kappa shape index (κ2) is 12.2. The van der Waals surface area contributed by atoms with Gasteiger partial charge in [0.15, 0.2) is 40.6 Å². The molecule has 11 N–H and O–H groups in total. The van der Waals surface area contributed by atoms with Gasteiger partial charge in [-0.1, -0.05) is 0 Å². The molecule has 0 aromatic heterocycles. The number of benzene rings is 4. The first-order valence-corrected chi connectivity index (χ1v) is 15.4. The van der Waals surface area contributed by atoms with Crippen LogP contribution in [0, 0.1) is 0 Å². The highest BCUT2D eigenvalue weighted by Crippen LogP contribution is 2.47. The molecule has 0 spiro atoms. The number of hydrogen-bond donors (Lipinski definition) is 11. The summed E-state index contributed by atoms with van der Waals surface area (Å²) in [5.74, 6) is -8.37. The van der Waals surface area contributed by atoms with E-state index in [9.17, 15) is 65.8 Å². The van der Waals surface area contributed by atoms with Gasteiger partial charge >= 0.3 is 5.97 Å². The first kappa shape index (κ1) is 33.7. The molecule has 4 unspecified atom stereocenters. The van der Waals surface area contributed by atoms with Gasteiger partial charge in [0.2, 0.25) is 5.43 Å². The van der Waals surface area contributed by atoms with E-state index >= 15 is 0 Å². The largest absolute Gasteiger partial charge is 0.508 e. The molecule has 0 radical (unpaired) electrons. The van der Waals surface area contributed by atoms with Gasteiger partial charge < -0.3 is 70.4 Å². The van der Waals surface area contributed by atoms with Crippen LogP contribution in [0.5, 0.6) is 69.0 Å². The fourth-order valence-corrected chi connectivity index (χ4v) is 6.46. The third-order valence-electron chi connectivity index (χ3n) is 8.93. The smallest absolute Gasteiger partial charge is 0.343 e. The maximum atomic E-state index is 14.2. The molecule has 0 fully saturated rings. The number of rotatable bonds is 4. The van der Waals surface area contributed by atoms with Gasteiger partial charge in [-0.3, -0.25) is 4.79 Å². The third-order valence-corrected chi connectivity index (χ3v) is 8.93. The summed E-state index contributed by atoms with van der Waals surface area (Å²) in [5.41, 5.74) is -1.70. The van der Waals surface area contributed by atoms with Crippen LogP contribution in [-0.4, -0.2) is 74.3 Å². The van der Waals surface area contributed by atoms with E-state index in [4.69, 9.17) is 14.2 Å². The lowest BCUT2D eigenvalue weighted by atomic mass is 9.90. The lowest BCUT2D eigenvalue weighted by molar-refractivity contribution is 0.0193. The van der Waals surface area contributed by atoms with Crippen LogP contribution >= 0.6 is 0 Å². The molecule has 2 aliphatic heterocycles. The quantitative estimate of drug-likeness (QED) is 0.0942. The molecule has 2 aliphatic rings. The van der Waals surface area contributed by atoms with Crippen molar-refractivity contribution in [1.82, 2.24) is 0 Å².